The van der Waals surface area contributed by atoms with Gasteiger partial charge in [0.1, 0.15) is 0 Å². The molecule has 0 aliphatic carbocycles. The van der Waals surface area contributed by atoms with Crippen LogP contribution in [0.5, 0.6) is 17.2 Å². The van der Waals surface area contributed by atoms with E-state index in [4.69, 9.17) is 14.2 Å². The van der Waals surface area contributed by atoms with Gasteiger partial charge in [0.15, 0.2) is 11.5 Å². The number of nitrogens with zero attached hydrogens (tertiary/aromatic N) is 2. The average molecular weight is 492 g/mol. The fraction of sp³-hybridized carbons (Fsp3) is 0.333. The van der Waals surface area contributed by atoms with Crippen LogP contribution in [0.15, 0.2) is 53.6 Å². The monoisotopic (exact) mass is 491 g/mol. The number of rotatable bonds is 8. The van der Waals surface area contributed by atoms with Crippen molar-refractivity contribution in [3.05, 3.63) is 76.6 Å². The molecule has 1 amide bonds. The lowest BCUT2D eigenvalue weighted by Crippen LogP contribution is -2.32. The molecule has 7 nitrogen and oxygen atoms in total. The zero-order valence-electron chi connectivity index (χ0n) is 20.0. The molecule has 0 saturated heterocycles. The molecule has 0 spiro atoms. The Morgan fingerprint density at radius 3 is 2.91 bits per heavy atom. The van der Waals surface area contributed by atoms with E-state index in [0.29, 0.717) is 23.8 Å². The van der Waals surface area contributed by atoms with Crippen LogP contribution in [-0.2, 0) is 30.8 Å². The zero-order chi connectivity index (χ0) is 24.2. The van der Waals surface area contributed by atoms with Gasteiger partial charge < -0.3 is 19.5 Å². The van der Waals surface area contributed by atoms with Crippen LogP contribution in [0.2, 0.25) is 0 Å². The maximum absolute atomic E-state index is 12.5. The normalized spacial score (nSPS) is 14.5. The van der Waals surface area contributed by atoms with Gasteiger partial charge in [0.2, 0.25) is 18.4 Å². The van der Waals surface area contributed by atoms with Gasteiger partial charge in [0.05, 0.1) is 12.9 Å². The van der Waals surface area contributed by atoms with Gasteiger partial charge in [0.25, 0.3) is 0 Å². The zero-order valence-corrected chi connectivity index (χ0v) is 20.8. The molecule has 2 aromatic carbocycles. The van der Waals surface area contributed by atoms with Gasteiger partial charge in [-0.05, 0) is 59.9 Å². The number of aromatic nitrogens is 1. The summed E-state index contributed by atoms with van der Waals surface area (Å²) in [5, 5.41) is 3.09. The Kier molecular flexibility index (Phi) is 7.11. The second-order valence-corrected chi connectivity index (χ2v) is 9.75. The number of thioether (sulfide) groups is 1. The van der Waals surface area contributed by atoms with Crippen molar-refractivity contribution in [1.29, 1.82) is 0 Å². The van der Waals surface area contributed by atoms with Crippen molar-refractivity contribution >= 4 is 17.7 Å². The fourth-order valence-electron chi connectivity index (χ4n) is 4.59. The lowest BCUT2D eigenvalue weighted by molar-refractivity contribution is -0.118. The minimum absolute atomic E-state index is 0.0325. The second kappa shape index (κ2) is 10.6. The van der Waals surface area contributed by atoms with Crippen molar-refractivity contribution in [3.63, 3.8) is 0 Å². The van der Waals surface area contributed by atoms with Crippen LogP contribution in [0, 0.1) is 6.92 Å². The number of methoxy groups -OCH3 is 1. The molecule has 1 aromatic heterocycles. The summed E-state index contributed by atoms with van der Waals surface area (Å²) in [6, 6.07) is 14.0. The van der Waals surface area contributed by atoms with E-state index in [1.54, 1.807) is 18.9 Å². The molecule has 2 aliphatic rings. The van der Waals surface area contributed by atoms with E-state index in [2.05, 4.69) is 15.2 Å². The number of fused-ring (bicyclic) bond motifs is 2. The highest BCUT2D eigenvalue weighted by Crippen LogP contribution is 2.42. The van der Waals surface area contributed by atoms with Gasteiger partial charge >= 0.3 is 0 Å². The summed E-state index contributed by atoms with van der Waals surface area (Å²) >= 11 is 1.55. The highest BCUT2D eigenvalue weighted by atomic mass is 32.2. The van der Waals surface area contributed by atoms with Crippen LogP contribution in [0.3, 0.4) is 0 Å². The van der Waals surface area contributed by atoms with Crippen LogP contribution in [0.4, 0.5) is 0 Å². The Bertz CT molecular complexity index is 1220. The molecule has 0 unspecified atom stereocenters. The standard InChI is InChI=1S/C27H29N3O4S/c1-18-23(13-29-26(31)16-35-21-6-4-3-5-7-21)22-8-9-30(15-20(22)12-28-18)14-19-10-24(32-2)27-25(11-19)33-17-34-27/h3-7,10-12H,8-9,13-17H2,1-2H3,(H,29,31). The first-order valence-corrected chi connectivity index (χ1v) is 12.7. The van der Waals surface area contributed by atoms with Crippen molar-refractivity contribution in [2.45, 2.75) is 37.9 Å². The minimum Gasteiger partial charge on any atom is -0.493 e. The van der Waals surface area contributed by atoms with Crippen molar-refractivity contribution in [1.82, 2.24) is 15.2 Å². The summed E-state index contributed by atoms with van der Waals surface area (Å²) in [7, 11) is 1.65. The molecule has 182 valence electrons. The number of nitrogens with one attached hydrogen (secondary N) is 1. The third-order valence-corrected chi connectivity index (χ3v) is 7.39. The topological polar surface area (TPSA) is 72.9 Å². The van der Waals surface area contributed by atoms with E-state index in [9.17, 15) is 4.79 Å². The highest BCUT2D eigenvalue weighted by molar-refractivity contribution is 8.00. The van der Waals surface area contributed by atoms with Gasteiger partial charge in [-0.3, -0.25) is 14.7 Å². The predicted octanol–water partition coefficient (Wildman–Crippen LogP) is 4.09. The maximum Gasteiger partial charge on any atom is 0.231 e. The summed E-state index contributed by atoms with van der Waals surface area (Å²) in [6.45, 7) is 5.27. The molecule has 8 heteroatoms. The van der Waals surface area contributed by atoms with Crippen LogP contribution < -0.4 is 19.5 Å². The largest absolute Gasteiger partial charge is 0.493 e. The Morgan fingerprint density at radius 2 is 2.09 bits per heavy atom. The van der Waals surface area contributed by atoms with E-state index in [0.717, 1.165) is 53.5 Å². The molecule has 0 fully saturated rings. The van der Waals surface area contributed by atoms with Gasteiger partial charge in [-0.1, -0.05) is 18.2 Å². The lowest BCUT2D eigenvalue weighted by Gasteiger charge is -2.30. The summed E-state index contributed by atoms with van der Waals surface area (Å²) in [5.74, 6) is 2.54. The van der Waals surface area contributed by atoms with Gasteiger partial charge in [0, 0.05) is 43.0 Å². The van der Waals surface area contributed by atoms with E-state index >= 15 is 0 Å². The SMILES string of the molecule is COc1cc(CN2CCc3c(cnc(C)c3CNC(=O)CSc3ccccc3)C2)cc2c1OCO2. The maximum atomic E-state index is 12.5. The van der Waals surface area contributed by atoms with E-state index in [-0.39, 0.29) is 12.7 Å². The molecule has 0 atom stereocenters. The number of pyridine rings is 1. The summed E-state index contributed by atoms with van der Waals surface area (Å²) in [4.78, 5) is 20.6. The van der Waals surface area contributed by atoms with E-state index in [1.807, 2.05) is 55.6 Å². The fourth-order valence-corrected chi connectivity index (χ4v) is 5.34. The summed E-state index contributed by atoms with van der Waals surface area (Å²) < 4.78 is 16.6. The minimum atomic E-state index is 0.0325. The molecular formula is C27H29N3O4S. The van der Waals surface area contributed by atoms with Crippen LogP contribution >= 0.6 is 11.8 Å². The number of aryl methyl sites for hydroxylation is 1. The van der Waals surface area contributed by atoms with Crippen LogP contribution in [0.1, 0.15) is 27.9 Å². The Labute approximate surface area is 209 Å². The molecule has 0 saturated carbocycles. The first-order chi connectivity index (χ1) is 17.1. The van der Waals surface area contributed by atoms with E-state index < -0.39 is 0 Å². The third-order valence-electron chi connectivity index (χ3n) is 6.37. The number of amides is 1. The quantitative estimate of drug-likeness (QED) is 0.476. The number of carbonyl (C=O) groups is 1. The molecule has 35 heavy (non-hydrogen) atoms. The molecule has 0 radical (unpaired) electrons. The molecule has 2 aliphatic heterocycles. The van der Waals surface area contributed by atoms with Crippen LogP contribution in [-0.4, -0.2) is 42.0 Å². The highest BCUT2D eigenvalue weighted by Gasteiger charge is 2.24. The Balaban J connectivity index is 1.22. The molecule has 1 N–H and O–H groups in total. The molecule has 0 bridgehead atoms. The predicted molar refractivity (Wildman–Crippen MR) is 135 cm³/mol. The average Bonchev–Trinajstić information content (AvgIpc) is 3.36. The molecule has 5 rings (SSSR count). The number of hydrogen-bond acceptors (Lipinski definition) is 7. The van der Waals surface area contributed by atoms with Crippen molar-refractivity contribution in [2.24, 2.45) is 0 Å². The Hall–Kier alpha value is -3.23. The molecular weight excluding hydrogens is 462 g/mol. The van der Waals surface area contributed by atoms with E-state index in [1.165, 1.54) is 11.1 Å². The third kappa shape index (κ3) is 5.39. The molecule has 3 heterocycles. The number of benzene rings is 2. The lowest BCUT2D eigenvalue weighted by atomic mass is 9.94. The smallest absolute Gasteiger partial charge is 0.231 e. The first-order valence-electron chi connectivity index (χ1n) is 11.7. The van der Waals surface area contributed by atoms with Gasteiger partial charge in [-0.2, -0.15) is 0 Å². The summed E-state index contributed by atoms with van der Waals surface area (Å²) in [5.41, 5.74) is 5.78. The van der Waals surface area contributed by atoms with Crippen LogP contribution in [0.25, 0.3) is 0 Å². The first kappa shape index (κ1) is 23.5. The summed E-state index contributed by atoms with van der Waals surface area (Å²) in [6.07, 6.45) is 2.90. The number of carbonyl (C=O) groups excluding carboxylic acids is 1. The van der Waals surface area contributed by atoms with Crippen molar-refractivity contribution in [3.8, 4) is 17.2 Å². The number of hydrogen-bond donors (Lipinski definition) is 1. The van der Waals surface area contributed by atoms with Crippen molar-refractivity contribution < 1.29 is 19.0 Å². The molecule has 3 aromatic rings. The second-order valence-electron chi connectivity index (χ2n) is 8.70. The van der Waals surface area contributed by atoms with Gasteiger partial charge in [-0.25, -0.2) is 0 Å². The van der Waals surface area contributed by atoms with Crippen molar-refractivity contribution in [2.75, 3.05) is 26.2 Å². The Morgan fingerprint density at radius 1 is 1.23 bits per heavy atom. The van der Waals surface area contributed by atoms with Gasteiger partial charge in [-0.15, -0.1) is 11.8 Å². The number of ether oxygens (including phenoxy) is 3.